The fourth-order valence-corrected chi connectivity index (χ4v) is 5.14. The maximum atomic E-state index is 11.8. The van der Waals surface area contributed by atoms with Crippen molar-refractivity contribution < 1.29 is 9.53 Å². The first-order valence-corrected chi connectivity index (χ1v) is 12.4. The fraction of sp³-hybridized carbons (Fsp3) is 0.296. The summed E-state index contributed by atoms with van der Waals surface area (Å²) in [6, 6.07) is 14.4. The summed E-state index contributed by atoms with van der Waals surface area (Å²) in [5, 5.41) is 6.51. The number of hydrogen-bond acceptors (Lipinski definition) is 7. The number of amides is 1. The van der Waals surface area contributed by atoms with Crippen molar-refractivity contribution in [2.75, 3.05) is 18.1 Å². The van der Waals surface area contributed by atoms with Gasteiger partial charge in [0.05, 0.1) is 24.6 Å². The average Bonchev–Trinajstić information content (AvgIpc) is 3.68. The fourth-order valence-electron chi connectivity index (χ4n) is 5.14. The van der Waals surface area contributed by atoms with Gasteiger partial charge in [-0.25, -0.2) is 15.0 Å². The molecule has 0 aliphatic carbocycles. The molecule has 0 saturated carbocycles. The molecule has 1 saturated heterocycles. The molecule has 6 rings (SSSR count). The minimum Gasteiger partial charge on any atom is -0.491 e. The van der Waals surface area contributed by atoms with Gasteiger partial charge in [-0.3, -0.25) is 9.48 Å². The Hall–Kier alpha value is -4.47. The van der Waals surface area contributed by atoms with E-state index in [1.54, 1.807) is 22.2 Å². The molecule has 1 aliphatic rings. The van der Waals surface area contributed by atoms with Gasteiger partial charge in [0.1, 0.15) is 24.2 Å². The van der Waals surface area contributed by atoms with E-state index < -0.39 is 0 Å². The Balaban J connectivity index is 1.21. The summed E-state index contributed by atoms with van der Waals surface area (Å²) in [7, 11) is 1.87. The highest BCUT2D eigenvalue weighted by Crippen LogP contribution is 2.32. The quantitative estimate of drug-likeness (QED) is 0.312. The maximum absolute atomic E-state index is 11.8. The Morgan fingerprint density at radius 1 is 1.11 bits per heavy atom. The normalized spacial score (nSPS) is 15.5. The molecule has 4 heterocycles. The highest BCUT2D eigenvalue weighted by Gasteiger charge is 2.28. The SMILES string of the molecule is Cn1ccc(CN(C=O)Cc2ccc(OC[C@H]3CCCN3c3ncnc4[nH]cnc34)c3ccccc23)n1. The van der Waals surface area contributed by atoms with Gasteiger partial charge >= 0.3 is 0 Å². The molecule has 2 aromatic carbocycles. The third-order valence-corrected chi connectivity index (χ3v) is 6.91. The standard InChI is InChI=1S/C27H28N8O2/c1-33-12-10-20(32-33)14-34(18-36)13-19-8-9-24(23-7-3-2-6-22(19)23)37-15-21-5-4-11-35(21)27-25-26(29-16-28-25)30-17-31-27/h2-3,6-10,12,16-18,21H,4-5,11,13-15H2,1H3,(H,28,29,30,31)/t21-/m1/s1. The van der Waals surface area contributed by atoms with Crippen LogP contribution in [0.15, 0.2) is 61.3 Å². The zero-order valence-electron chi connectivity index (χ0n) is 20.6. The van der Waals surface area contributed by atoms with Crippen molar-refractivity contribution in [1.29, 1.82) is 0 Å². The number of nitrogens with one attached hydrogen (secondary N) is 1. The Bertz CT molecular complexity index is 1540. The van der Waals surface area contributed by atoms with Gasteiger partial charge in [-0.1, -0.05) is 30.3 Å². The molecule has 10 nitrogen and oxygen atoms in total. The first-order valence-electron chi connectivity index (χ1n) is 12.4. The lowest BCUT2D eigenvalue weighted by Crippen LogP contribution is -2.35. The zero-order valence-corrected chi connectivity index (χ0v) is 20.6. The van der Waals surface area contributed by atoms with Crippen LogP contribution in [-0.2, 0) is 24.9 Å². The number of aryl methyl sites for hydroxylation is 1. The van der Waals surface area contributed by atoms with Crippen LogP contribution in [0.4, 0.5) is 5.82 Å². The van der Waals surface area contributed by atoms with E-state index in [2.05, 4.69) is 48.1 Å². The molecule has 10 heteroatoms. The van der Waals surface area contributed by atoms with Gasteiger partial charge in [-0.2, -0.15) is 5.10 Å². The highest BCUT2D eigenvalue weighted by molar-refractivity contribution is 5.91. The van der Waals surface area contributed by atoms with E-state index in [4.69, 9.17) is 4.74 Å². The molecule has 37 heavy (non-hydrogen) atoms. The van der Waals surface area contributed by atoms with Crippen molar-refractivity contribution in [2.24, 2.45) is 7.05 Å². The second kappa shape index (κ2) is 9.88. The predicted octanol–water partition coefficient (Wildman–Crippen LogP) is 3.45. The number of imidazole rings is 1. The number of carbonyl (C=O) groups is 1. The van der Waals surface area contributed by atoms with Gasteiger partial charge in [-0.15, -0.1) is 0 Å². The van der Waals surface area contributed by atoms with Crippen LogP contribution in [0, 0.1) is 0 Å². The number of ether oxygens (including phenoxy) is 1. The number of fused-ring (bicyclic) bond motifs is 2. The average molecular weight is 497 g/mol. The lowest BCUT2D eigenvalue weighted by molar-refractivity contribution is -0.119. The molecule has 1 aliphatic heterocycles. The topological polar surface area (TPSA) is 105 Å². The monoisotopic (exact) mass is 496 g/mol. The van der Waals surface area contributed by atoms with Crippen LogP contribution in [-0.4, -0.2) is 60.2 Å². The van der Waals surface area contributed by atoms with E-state index in [1.165, 1.54) is 0 Å². The minimum absolute atomic E-state index is 0.192. The van der Waals surface area contributed by atoms with Crippen LogP contribution in [0.2, 0.25) is 0 Å². The first kappa shape index (κ1) is 23.0. The molecular formula is C27H28N8O2. The number of nitrogens with zero attached hydrogens (tertiary/aromatic N) is 7. The van der Waals surface area contributed by atoms with Crippen LogP contribution in [0.3, 0.4) is 0 Å². The number of anilines is 1. The molecule has 0 radical (unpaired) electrons. The molecule has 3 aromatic heterocycles. The van der Waals surface area contributed by atoms with Crippen molar-refractivity contribution in [3.63, 3.8) is 0 Å². The highest BCUT2D eigenvalue weighted by atomic mass is 16.5. The van der Waals surface area contributed by atoms with E-state index in [1.807, 2.05) is 37.5 Å². The smallest absolute Gasteiger partial charge is 0.210 e. The lowest BCUT2D eigenvalue weighted by atomic mass is 10.0. The van der Waals surface area contributed by atoms with Gasteiger partial charge in [0.2, 0.25) is 6.41 Å². The first-order chi connectivity index (χ1) is 18.2. The summed E-state index contributed by atoms with van der Waals surface area (Å²) in [6.45, 7) is 2.40. The van der Waals surface area contributed by atoms with Crippen LogP contribution in [0.5, 0.6) is 5.75 Å². The van der Waals surface area contributed by atoms with Gasteiger partial charge in [0.25, 0.3) is 0 Å². The number of aromatic amines is 1. The van der Waals surface area contributed by atoms with Crippen LogP contribution >= 0.6 is 0 Å². The molecule has 1 N–H and O–H groups in total. The Kier molecular flexibility index (Phi) is 6.13. The summed E-state index contributed by atoms with van der Waals surface area (Å²) >= 11 is 0. The summed E-state index contributed by atoms with van der Waals surface area (Å²) in [6.07, 6.45) is 8.09. The third kappa shape index (κ3) is 4.57. The van der Waals surface area contributed by atoms with Crippen molar-refractivity contribution in [3.05, 3.63) is 72.6 Å². The molecule has 188 valence electrons. The summed E-state index contributed by atoms with van der Waals surface area (Å²) in [5.41, 5.74) is 3.45. The number of carbonyl (C=O) groups excluding carboxylic acids is 1. The van der Waals surface area contributed by atoms with Crippen molar-refractivity contribution in [2.45, 2.75) is 32.0 Å². The number of rotatable bonds is 9. The van der Waals surface area contributed by atoms with Crippen molar-refractivity contribution in [1.82, 2.24) is 34.6 Å². The molecular weight excluding hydrogens is 468 g/mol. The van der Waals surface area contributed by atoms with Gasteiger partial charge in [-0.05, 0) is 35.9 Å². The Morgan fingerprint density at radius 3 is 2.84 bits per heavy atom. The Labute approximate surface area is 213 Å². The molecule has 1 fully saturated rings. The second-order valence-corrected chi connectivity index (χ2v) is 9.36. The van der Waals surface area contributed by atoms with Crippen LogP contribution in [0.25, 0.3) is 21.9 Å². The molecule has 0 bridgehead atoms. The molecule has 0 unspecified atom stereocenters. The van der Waals surface area contributed by atoms with Gasteiger partial charge < -0.3 is 19.5 Å². The zero-order chi connectivity index (χ0) is 25.2. The van der Waals surface area contributed by atoms with E-state index >= 15 is 0 Å². The summed E-state index contributed by atoms with van der Waals surface area (Å²) in [4.78, 5) is 32.1. The van der Waals surface area contributed by atoms with Crippen molar-refractivity contribution >= 4 is 34.2 Å². The van der Waals surface area contributed by atoms with Gasteiger partial charge in [0.15, 0.2) is 11.5 Å². The molecule has 0 spiro atoms. The van der Waals surface area contributed by atoms with Crippen LogP contribution < -0.4 is 9.64 Å². The van der Waals surface area contributed by atoms with E-state index in [0.717, 1.165) is 70.6 Å². The van der Waals surface area contributed by atoms with Crippen LogP contribution in [0.1, 0.15) is 24.1 Å². The summed E-state index contributed by atoms with van der Waals surface area (Å²) in [5.74, 6) is 1.68. The lowest BCUT2D eigenvalue weighted by Gasteiger charge is -2.26. The minimum atomic E-state index is 0.192. The molecule has 5 aromatic rings. The van der Waals surface area contributed by atoms with E-state index in [0.29, 0.717) is 19.7 Å². The molecule has 1 amide bonds. The summed E-state index contributed by atoms with van der Waals surface area (Å²) < 4.78 is 8.17. The predicted molar refractivity (Wildman–Crippen MR) is 140 cm³/mol. The molecule has 1 atom stereocenters. The van der Waals surface area contributed by atoms with Crippen molar-refractivity contribution in [3.8, 4) is 5.75 Å². The number of hydrogen-bond donors (Lipinski definition) is 1. The van der Waals surface area contributed by atoms with E-state index in [-0.39, 0.29) is 6.04 Å². The number of H-pyrrole nitrogens is 1. The number of benzene rings is 2. The third-order valence-electron chi connectivity index (χ3n) is 6.91. The van der Waals surface area contributed by atoms with E-state index in [9.17, 15) is 4.79 Å². The number of aromatic nitrogens is 6. The largest absolute Gasteiger partial charge is 0.491 e. The Morgan fingerprint density at radius 2 is 2.00 bits per heavy atom. The maximum Gasteiger partial charge on any atom is 0.210 e. The van der Waals surface area contributed by atoms with Gasteiger partial charge in [0, 0.05) is 31.7 Å². The second-order valence-electron chi connectivity index (χ2n) is 9.36.